The minimum absolute atomic E-state index is 0.00867. The molecule has 0 atom stereocenters. The summed E-state index contributed by atoms with van der Waals surface area (Å²) in [5.41, 5.74) is 0.653. The fourth-order valence-corrected chi connectivity index (χ4v) is 4.34. The van der Waals surface area contributed by atoms with Gasteiger partial charge in [-0.2, -0.15) is 0 Å². The van der Waals surface area contributed by atoms with Crippen LogP contribution in [0, 0.1) is 18.7 Å². The zero-order chi connectivity index (χ0) is 22.7. The van der Waals surface area contributed by atoms with Gasteiger partial charge < -0.3 is 20.0 Å². The van der Waals surface area contributed by atoms with Gasteiger partial charge in [0.1, 0.15) is 11.6 Å². The van der Waals surface area contributed by atoms with E-state index in [-0.39, 0.29) is 23.4 Å². The molecule has 166 valence electrons. The molecule has 3 heterocycles. The number of likely N-dealkylation sites (tertiary alicyclic amines) is 1. The van der Waals surface area contributed by atoms with Gasteiger partial charge in [0, 0.05) is 24.7 Å². The van der Waals surface area contributed by atoms with Gasteiger partial charge in [-0.25, -0.2) is 4.39 Å². The van der Waals surface area contributed by atoms with E-state index in [1.165, 1.54) is 41.9 Å². The predicted octanol–water partition coefficient (Wildman–Crippen LogP) is 4.53. The van der Waals surface area contributed by atoms with Crippen molar-refractivity contribution in [3.63, 3.8) is 0 Å². The van der Waals surface area contributed by atoms with Crippen molar-refractivity contribution in [1.82, 2.24) is 4.90 Å². The van der Waals surface area contributed by atoms with Gasteiger partial charge in [-0.15, -0.1) is 11.3 Å². The van der Waals surface area contributed by atoms with Crippen LogP contribution in [0.15, 0.2) is 52.5 Å². The van der Waals surface area contributed by atoms with Gasteiger partial charge in [0.15, 0.2) is 0 Å². The number of thiophene rings is 1. The summed E-state index contributed by atoms with van der Waals surface area (Å²) in [6.07, 6.45) is 2.48. The van der Waals surface area contributed by atoms with Crippen LogP contribution in [0.1, 0.15) is 38.6 Å². The van der Waals surface area contributed by atoms with Crippen molar-refractivity contribution in [3.8, 4) is 0 Å². The lowest BCUT2D eigenvalue weighted by Crippen LogP contribution is -2.41. The molecule has 32 heavy (non-hydrogen) atoms. The van der Waals surface area contributed by atoms with E-state index in [9.17, 15) is 18.8 Å². The number of carbonyl (C=O) groups excluding carboxylic acids is 3. The molecule has 2 N–H and O–H groups in total. The second-order valence-corrected chi connectivity index (χ2v) is 8.52. The van der Waals surface area contributed by atoms with E-state index >= 15 is 0 Å². The number of nitrogens with zero attached hydrogens (tertiary/aromatic N) is 1. The Balaban J connectivity index is 1.35. The number of hydrogen-bond donors (Lipinski definition) is 2. The molecule has 1 fully saturated rings. The summed E-state index contributed by atoms with van der Waals surface area (Å²) in [5, 5.41) is 7.17. The van der Waals surface area contributed by atoms with Gasteiger partial charge in [0.2, 0.25) is 5.91 Å². The van der Waals surface area contributed by atoms with E-state index < -0.39 is 11.7 Å². The molecule has 2 aromatic heterocycles. The van der Waals surface area contributed by atoms with Gasteiger partial charge >= 0.3 is 0 Å². The summed E-state index contributed by atoms with van der Waals surface area (Å²) in [5.74, 6) is -1.14. The van der Waals surface area contributed by atoms with Gasteiger partial charge in [-0.3, -0.25) is 14.4 Å². The van der Waals surface area contributed by atoms with Crippen LogP contribution in [-0.2, 0) is 4.79 Å². The Morgan fingerprint density at radius 2 is 1.91 bits per heavy atom. The average Bonchev–Trinajstić information content (AvgIpc) is 3.47. The Morgan fingerprint density at radius 3 is 2.56 bits per heavy atom. The molecule has 9 heteroatoms. The molecule has 0 aliphatic carbocycles. The maximum Gasteiger partial charge on any atom is 0.263 e. The van der Waals surface area contributed by atoms with Crippen LogP contribution in [0.25, 0.3) is 0 Å². The Labute approximate surface area is 188 Å². The highest BCUT2D eigenvalue weighted by atomic mass is 32.1. The van der Waals surface area contributed by atoms with Crippen LogP contribution in [0.4, 0.5) is 15.8 Å². The third-order valence-electron chi connectivity index (χ3n) is 5.47. The monoisotopic (exact) mass is 455 g/mol. The van der Waals surface area contributed by atoms with E-state index in [4.69, 9.17) is 4.42 Å². The number of rotatable bonds is 5. The summed E-state index contributed by atoms with van der Waals surface area (Å²) < 4.78 is 19.3. The molecule has 0 saturated carbocycles. The zero-order valence-electron chi connectivity index (χ0n) is 17.4. The maximum atomic E-state index is 14.2. The minimum Gasteiger partial charge on any atom is -0.469 e. The smallest absolute Gasteiger partial charge is 0.263 e. The Hall–Kier alpha value is -3.46. The standard InChI is InChI=1S/C23H22FN3O4S/c1-14-17(8-11-31-14)22(29)26-19-13-16(4-5-18(19)24)25-21(28)15-6-9-27(10-7-15)23(30)20-3-2-12-32-20/h2-5,8,11-13,15H,6-7,9-10H2,1H3,(H,25,28)(H,26,29). The van der Waals surface area contributed by atoms with Crippen LogP contribution >= 0.6 is 11.3 Å². The lowest BCUT2D eigenvalue weighted by Gasteiger charge is -2.31. The Morgan fingerprint density at radius 1 is 1.12 bits per heavy atom. The minimum atomic E-state index is -0.613. The molecule has 0 bridgehead atoms. The Kier molecular flexibility index (Phi) is 6.36. The molecule has 1 aliphatic heterocycles. The average molecular weight is 456 g/mol. The van der Waals surface area contributed by atoms with E-state index in [0.717, 1.165) is 0 Å². The van der Waals surface area contributed by atoms with Crippen molar-refractivity contribution in [3.05, 3.63) is 70.1 Å². The highest BCUT2D eigenvalue weighted by molar-refractivity contribution is 7.12. The molecule has 3 amide bonds. The third-order valence-corrected chi connectivity index (χ3v) is 6.33. The number of anilines is 2. The molecule has 1 aliphatic rings. The van der Waals surface area contributed by atoms with Crippen molar-refractivity contribution >= 4 is 40.4 Å². The van der Waals surface area contributed by atoms with Crippen molar-refractivity contribution in [2.45, 2.75) is 19.8 Å². The number of furan rings is 1. The molecule has 1 saturated heterocycles. The summed E-state index contributed by atoms with van der Waals surface area (Å²) in [4.78, 5) is 40.0. The lowest BCUT2D eigenvalue weighted by atomic mass is 9.95. The molecule has 1 aromatic carbocycles. The lowest BCUT2D eigenvalue weighted by molar-refractivity contribution is -0.121. The fourth-order valence-electron chi connectivity index (χ4n) is 3.65. The van der Waals surface area contributed by atoms with E-state index in [2.05, 4.69) is 10.6 Å². The highest BCUT2D eigenvalue weighted by Crippen LogP contribution is 2.25. The molecule has 0 unspecified atom stereocenters. The van der Waals surface area contributed by atoms with E-state index in [1.807, 2.05) is 11.4 Å². The molecule has 3 aromatic rings. The first kappa shape index (κ1) is 21.8. The Bertz CT molecular complexity index is 1130. The van der Waals surface area contributed by atoms with Crippen LogP contribution < -0.4 is 10.6 Å². The van der Waals surface area contributed by atoms with Gasteiger partial charge in [-0.1, -0.05) is 6.07 Å². The first-order chi connectivity index (χ1) is 15.4. The summed E-state index contributed by atoms with van der Waals surface area (Å²) in [6, 6.07) is 9.16. The van der Waals surface area contributed by atoms with Crippen LogP contribution in [-0.4, -0.2) is 35.7 Å². The summed E-state index contributed by atoms with van der Waals surface area (Å²) in [7, 11) is 0. The fraction of sp³-hybridized carbons (Fsp3) is 0.261. The topological polar surface area (TPSA) is 91.7 Å². The van der Waals surface area contributed by atoms with Crippen LogP contribution in [0.3, 0.4) is 0 Å². The zero-order valence-corrected chi connectivity index (χ0v) is 18.2. The largest absolute Gasteiger partial charge is 0.469 e. The van der Waals surface area contributed by atoms with Gasteiger partial charge in [-0.05, 0) is 55.5 Å². The number of aryl methyl sites for hydroxylation is 1. The molecule has 4 rings (SSSR count). The number of benzene rings is 1. The first-order valence-electron chi connectivity index (χ1n) is 10.2. The number of amides is 3. The van der Waals surface area contributed by atoms with Crippen LogP contribution in [0.2, 0.25) is 0 Å². The highest BCUT2D eigenvalue weighted by Gasteiger charge is 2.28. The number of hydrogen-bond acceptors (Lipinski definition) is 5. The molecule has 0 radical (unpaired) electrons. The van der Waals surface area contributed by atoms with E-state index in [1.54, 1.807) is 17.9 Å². The maximum absolute atomic E-state index is 14.2. The number of nitrogens with one attached hydrogen (secondary N) is 2. The van der Waals surface area contributed by atoms with Crippen molar-refractivity contribution in [2.24, 2.45) is 5.92 Å². The second kappa shape index (κ2) is 9.35. The third kappa shape index (κ3) is 4.72. The first-order valence-corrected chi connectivity index (χ1v) is 11.1. The van der Waals surface area contributed by atoms with E-state index in [0.29, 0.717) is 47.8 Å². The molecular weight excluding hydrogens is 433 g/mol. The van der Waals surface area contributed by atoms with Crippen molar-refractivity contribution in [1.29, 1.82) is 0 Å². The number of carbonyl (C=O) groups is 3. The van der Waals surface area contributed by atoms with Crippen molar-refractivity contribution < 1.29 is 23.2 Å². The van der Waals surface area contributed by atoms with Gasteiger partial charge in [0.05, 0.1) is 22.4 Å². The quantitative estimate of drug-likeness (QED) is 0.591. The van der Waals surface area contributed by atoms with Crippen LogP contribution in [0.5, 0.6) is 0 Å². The molecule has 0 spiro atoms. The second-order valence-electron chi connectivity index (χ2n) is 7.57. The summed E-state index contributed by atoms with van der Waals surface area (Å²) in [6.45, 7) is 2.65. The SMILES string of the molecule is Cc1occc1C(=O)Nc1cc(NC(=O)C2CCN(C(=O)c3cccs3)CC2)ccc1F. The normalized spacial score (nSPS) is 14.2. The number of piperidine rings is 1. The molecule has 7 nitrogen and oxygen atoms in total. The predicted molar refractivity (Wildman–Crippen MR) is 119 cm³/mol. The van der Waals surface area contributed by atoms with Gasteiger partial charge in [0.25, 0.3) is 11.8 Å². The summed E-state index contributed by atoms with van der Waals surface area (Å²) >= 11 is 1.40. The van der Waals surface area contributed by atoms with Crippen molar-refractivity contribution in [2.75, 3.05) is 23.7 Å². The molecular formula is C23H22FN3O4S. The number of halogens is 1.